The highest BCUT2D eigenvalue weighted by Crippen LogP contribution is 2.21. The van der Waals surface area contributed by atoms with Crippen LogP contribution in [-0.4, -0.2) is 59.1 Å². The summed E-state index contributed by atoms with van der Waals surface area (Å²) in [6, 6.07) is 6.57. The average molecular weight is 287 g/mol. The Hall–Kier alpha value is -1.59. The number of aryl methyl sites for hydroxylation is 1. The van der Waals surface area contributed by atoms with E-state index in [0.29, 0.717) is 6.04 Å². The van der Waals surface area contributed by atoms with Crippen molar-refractivity contribution in [2.24, 2.45) is 0 Å². The molecular weight excluding hydrogens is 262 g/mol. The van der Waals surface area contributed by atoms with E-state index in [1.807, 2.05) is 12.1 Å². The van der Waals surface area contributed by atoms with E-state index in [4.69, 9.17) is 10.7 Å². The number of benzene rings is 1. The van der Waals surface area contributed by atoms with Crippen LogP contribution in [0.1, 0.15) is 12.7 Å². The first-order valence-corrected chi connectivity index (χ1v) is 7.72. The molecule has 1 unspecified atom stereocenters. The van der Waals surface area contributed by atoms with E-state index in [-0.39, 0.29) is 0 Å². The maximum absolute atomic E-state index is 5.89. The molecule has 0 saturated carbocycles. The minimum Gasteiger partial charge on any atom is -0.399 e. The lowest BCUT2D eigenvalue weighted by Crippen LogP contribution is -2.51. The van der Waals surface area contributed by atoms with Crippen molar-refractivity contribution in [3.63, 3.8) is 0 Å². The summed E-state index contributed by atoms with van der Waals surface area (Å²) in [5, 5.41) is 0. The third-order valence-electron chi connectivity index (χ3n) is 4.54. The first kappa shape index (κ1) is 14.4. The van der Waals surface area contributed by atoms with Crippen LogP contribution in [0, 0.1) is 0 Å². The average Bonchev–Trinajstić information content (AvgIpc) is 2.80. The molecule has 21 heavy (non-hydrogen) atoms. The summed E-state index contributed by atoms with van der Waals surface area (Å²) >= 11 is 0. The normalized spacial score (nSPS) is 21.2. The number of likely N-dealkylation sites (N-methyl/N-ethyl adjacent to an activating group) is 2. The fourth-order valence-electron chi connectivity index (χ4n) is 3.18. The van der Waals surface area contributed by atoms with E-state index in [2.05, 4.69) is 41.5 Å². The van der Waals surface area contributed by atoms with Crippen LogP contribution in [0.25, 0.3) is 11.0 Å². The van der Waals surface area contributed by atoms with Crippen LogP contribution in [0.3, 0.4) is 0 Å². The van der Waals surface area contributed by atoms with Crippen LogP contribution in [0.2, 0.25) is 0 Å². The zero-order valence-corrected chi connectivity index (χ0v) is 13.2. The summed E-state index contributed by atoms with van der Waals surface area (Å²) in [5.41, 5.74) is 8.88. The van der Waals surface area contributed by atoms with Gasteiger partial charge in [-0.25, -0.2) is 4.98 Å². The van der Waals surface area contributed by atoms with Crippen molar-refractivity contribution in [3.8, 4) is 0 Å². The van der Waals surface area contributed by atoms with Gasteiger partial charge in [0.15, 0.2) is 0 Å². The van der Waals surface area contributed by atoms with Crippen molar-refractivity contribution in [3.05, 3.63) is 24.0 Å². The summed E-state index contributed by atoms with van der Waals surface area (Å²) in [6.45, 7) is 6.54. The van der Waals surface area contributed by atoms with Gasteiger partial charge < -0.3 is 15.2 Å². The number of hydrogen-bond acceptors (Lipinski definition) is 4. The van der Waals surface area contributed by atoms with Crippen LogP contribution < -0.4 is 5.73 Å². The third kappa shape index (κ3) is 2.76. The van der Waals surface area contributed by atoms with Gasteiger partial charge in [0.1, 0.15) is 5.82 Å². The number of rotatable bonds is 3. The third-order valence-corrected chi connectivity index (χ3v) is 4.54. The standard InChI is InChI=1S/C16H25N5/c1-4-16-18-14-9-12(17)5-6-15(14)21(16)11-13-10-19(2)7-8-20(13)3/h5-6,9,13H,4,7-8,10-11,17H2,1-3H3. The summed E-state index contributed by atoms with van der Waals surface area (Å²) in [6.07, 6.45) is 0.945. The van der Waals surface area contributed by atoms with Gasteiger partial charge in [0.2, 0.25) is 0 Å². The molecule has 1 fully saturated rings. The molecule has 1 aromatic carbocycles. The smallest absolute Gasteiger partial charge is 0.109 e. The van der Waals surface area contributed by atoms with Gasteiger partial charge in [-0.1, -0.05) is 6.92 Å². The largest absolute Gasteiger partial charge is 0.399 e. The monoisotopic (exact) mass is 287 g/mol. The Labute approximate surface area is 126 Å². The number of fused-ring (bicyclic) bond motifs is 1. The topological polar surface area (TPSA) is 50.3 Å². The number of imidazole rings is 1. The molecule has 114 valence electrons. The molecule has 0 radical (unpaired) electrons. The molecule has 1 saturated heterocycles. The van der Waals surface area contributed by atoms with Crippen molar-refractivity contribution in [1.82, 2.24) is 19.4 Å². The fraction of sp³-hybridized carbons (Fsp3) is 0.562. The quantitative estimate of drug-likeness (QED) is 0.868. The van der Waals surface area contributed by atoms with Crippen LogP contribution in [0.4, 0.5) is 5.69 Å². The van der Waals surface area contributed by atoms with Crippen molar-refractivity contribution in [1.29, 1.82) is 0 Å². The molecule has 1 atom stereocenters. The second-order valence-corrected chi connectivity index (χ2v) is 6.14. The van der Waals surface area contributed by atoms with Gasteiger partial charge in [-0.15, -0.1) is 0 Å². The molecule has 0 bridgehead atoms. The molecule has 2 heterocycles. The number of anilines is 1. The molecule has 2 aromatic rings. The Morgan fingerprint density at radius 2 is 2.10 bits per heavy atom. The number of nitrogen functional groups attached to an aromatic ring is 1. The molecular formula is C16H25N5. The Balaban J connectivity index is 1.95. The summed E-state index contributed by atoms with van der Waals surface area (Å²) in [5.74, 6) is 1.15. The second-order valence-electron chi connectivity index (χ2n) is 6.14. The van der Waals surface area contributed by atoms with Gasteiger partial charge in [-0.2, -0.15) is 0 Å². The van der Waals surface area contributed by atoms with Gasteiger partial charge in [-0.05, 0) is 32.3 Å². The Morgan fingerprint density at radius 3 is 2.86 bits per heavy atom. The molecule has 5 nitrogen and oxygen atoms in total. The van der Waals surface area contributed by atoms with E-state index >= 15 is 0 Å². The number of nitrogens with two attached hydrogens (primary N) is 1. The fourth-order valence-corrected chi connectivity index (χ4v) is 3.18. The van der Waals surface area contributed by atoms with E-state index in [1.54, 1.807) is 0 Å². The van der Waals surface area contributed by atoms with Crippen LogP contribution in [0.5, 0.6) is 0 Å². The number of aromatic nitrogens is 2. The van der Waals surface area contributed by atoms with Crippen molar-refractivity contribution in [2.75, 3.05) is 39.5 Å². The predicted octanol–water partition coefficient (Wildman–Crippen LogP) is 1.43. The molecule has 0 aliphatic carbocycles. The Bertz CT molecular complexity index is 633. The van der Waals surface area contributed by atoms with E-state index < -0.39 is 0 Å². The number of nitrogens with zero attached hydrogens (tertiary/aromatic N) is 4. The van der Waals surface area contributed by atoms with Gasteiger partial charge in [0.05, 0.1) is 11.0 Å². The second kappa shape index (κ2) is 5.66. The highest BCUT2D eigenvalue weighted by Gasteiger charge is 2.24. The molecule has 1 aliphatic heterocycles. The lowest BCUT2D eigenvalue weighted by Gasteiger charge is -2.38. The van der Waals surface area contributed by atoms with Gasteiger partial charge >= 0.3 is 0 Å². The van der Waals surface area contributed by atoms with Crippen LogP contribution in [0.15, 0.2) is 18.2 Å². The predicted molar refractivity (Wildman–Crippen MR) is 87.4 cm³/mol. The van der Waals surface area contributed by atoms with Gasteiger partial charge in [0.25, 0.3) is 0 Å². The maximum Gasteiger partial charge on any atom is 0.109 e. The molecule has 0 amide bonds. The molecule has 3 rings (SSSR count). The van der Waals surface area contributed by atoms with Crippen molar-refractivity contribution < 1.29 is 0 Å². The first-order chi connectivity index (χ1) is 10.1. The highest BCUT2D eigenvalue weighted by molar-refractivity contribution is 5.79. The van der Waals surface area contributed by atoms with Gasteiger partial charge in [0, 0.05) is 44.3 Å². The lowest BCUT2D eigenvalue weighted by molar-refractivity contribution is 0.103. The molecule has 0 spiro atoms. The zero-order valence-electron chi connectivity index (χ0n) is 13.2. The Kier molecular flexibility index (Phi) is 3.87. The molecule has 1 aromatic heterocycles. The minimum absolute atomic E-state index is 0.531. The van der Waals surface area contributed by atoms with Crippen molar-refractivity contribution >= 4 is 16.7 Å². The maximum atomic E-state index is 5.89. The van der Waals surface area contributed by atoms with Crippen LogP contribution in [-0.2, 0) is 13.0 Å². The lowest BCUT2D eigenvalue weighted by atomic mass is 10.1. The highest BCUT2D eigenvalue weighted by atomic mass is 15.3. The van der Waals surface area contributed by atoms with E-state index in [9.17, 15) is 0 Å². The zero-order chi connectivity index (χ0) is 15.0. The summed E-state index contributed by atoms with van der Waals surface area (Å²) in [7, 11) is 4.42. The molecule has 1 aliphatic rings. The minimum atomic E-state index is 0.531. The first-order valence-electron chi connectivity index (χ1n) is 7.72. The van der Waals surface area contributed by atoms with E-state index in [1.165, 1.54) is 5.52 Å². The van der Waals surface area contributed by atoms with E-state index in [0.717, 1.165) is 49.6 Å². The molecule has 5 heteroatoms. The number of piperazine rings is 1. The number of hydrogen-bond donors (Lipinski definition) is 1. The van der Waals surface area contributed by atoms with Gasteiger partial charge in [-0.3, -0.25) is 4.90 Å². The summed E-state index contributed by atoms with van der Waals surface area (Å²) < 4.78 is 2.37. The summed E-state index contributed by atoms with van der Waals surface area (Å²) in [4.78, 5) is 9.62. The molecule has 2 N–H and O–H groups in total. The SMILES string of the molecule is CCc1nc2cc(N)ccc2n1CC1CN(C)CCN1C. The van der Waals surface area contributed by atoms with Crippen molar-refractivity contribution in [2.45, 2.75) is 25.9 Å². The van der Waals surface area contributed by atoms with Crippen LogP contribution >= 0.6 is 0 Å². The Morgan fingerprint density at radius 1 is 1.29 bits per heavy atom.